The summed E-state index contributed by atoms with van der Waals surface area (Å²) in [6.45, 7) is 5.02. The minimum Gasteiger partial charge on any atom is -0.464 e. The van der Waals surface area contributed by atoms with Gasteiger partial charge >= 0.3 is 12.0 Å². The van der Waals surface area contributed by atoms with Gasteiger partial charge in [-0.15, -0.1) is 0 Å². The number of nitrogens with zero attached hydrogens (tertiary/aromatic N) is 3. The Morgan fingerprint density at radius 2 is 1.96 bits per heavy atom. The van der Waals surface area contributed by atoms with Gasteiger partial charge in [0.05, 0.1) is 6.61 Å². The van der Waals surface area contributed by atoms with Crippen LogP contribution in [0.15, 0.2) is 24.5 Å². The molecule has 2 amide bonds. The highest BCUT2D eigenvalue weighted by Crippen LogP contribution is 2.23. The van der Waals surface area contributed by atoms with Crippen molar-refractivity contribution in [2.24, 2.45) is 0 Å². The van der Waals surface area contributed by atoms with Gasteiger partial charge in [-0.25, -0.2) is 9.59 Å². The van der Waals surface area contributed by atoms with Crippen molar-refractivity contribution in [2.75, 3.05) is 31.1 Å². The lowest BCUT2D eigenvalue weighted by Gasteiger charge is -2.39. The summed E-state index contributed by atoms with van der Waals surface area (Å²) in [6, 6.07) is 3.61. The Bertz CT molecular complexity index is 617. The number of pyridine rings is 1. The molecule has 2 aliphatic rings. The first-order chi connectivity index (χ1) is 13.2. The van der Waals surface area contributed by atoms with E-state index >= 15 is 0 Å². The van der Waals surface area contributed by atoms with Crippen molar-refractivity contribution in [1.29, 1.82) is 0 Å². The minimum absolute atomic E-state index is 0.132. The van der Waals surface area contributed by atoms with Gasteiger partial charge in [0.1, 0.15) is 6.04 Å². The second-order valence-corrected chi connectivity index (χ2v) is 7.28. The zero-order valence-electron chi connectivity index (χ0n) is 16.1. The Balaban J connectivity index is 1.51. The number of urea groups is 1. The summed E-state index contributed by atoms with van der Waals surface area (Å²) in [5.74, 6) is -0.300. The summed E-state index contributed by atoms with van der Waals surface area (Å²) in [5, 5.41) is 2.89. The molecular weight excluding hydrogens is 344 g/mol. The Kier molecular flexibility index (Phi) is 6.90. The van der Waals surface area contributed by atoms with Crippen molar-refractivity contribution in [3.8, 4) is 0 Å². The molecule has 7 nitrogen and oxygen atoms in total. The number of unbranched alkanes of at least 4 members (excludes halogenated alkanes) is 1. The molecule has 0 radical (unpaired) electrons. The number of hydrogen-bond acceptors (Lipinski definition) is 5. The van der Waals surface area contributed by atoms with Crippen LogP contribution < -0.4 is 10.2 Å². The van der Waals surface area contributed by atoms with Crippen LogP contribution in [0.4, 0.5) is 10.5 Å². The molecule has 0 aromatic carbocycles. The van der Waals surface area contributed by atoms with E-state index in [0.717, 1.165) is 45.2 Å². The summed E-state index contributed by atoms with van der Waals surface area (Å²) < 4.78 is 5.29. The van der Waals surface area contributed by atoms with E-state index in [-0.39, 0.29) is 18.0 Å². The fourth-order valence-corrected chi connectivity index (χ4v) is 3.80. The molecule has 1 atom stereocenters. The predicted octanol–water partition coefficient (Wildman–Crippen LogP) is 2.57. The Morgan fingerprint density at radius 1 is 1.22 bits per heavy atom. The van der Waals surface area contributed by atoms with E-state index in [4.69, 9.17) is 4.74 Å². The van der Waals surface area contributed by atoms with Crippen molar-refractivity contribution in [1.82, 2.24) is 15.2 Å². The van der Waals surface area contributed by atoms with Crippen LogP contribution in [0, 0.1) is 0 Å². The molecule has 2 fully saturated rings. The summed E-state index contributed by atoms with van der Waals surface area (Å²) in [4.78, 5) is 33.2. The fraction of sp³-hybridized carbons (Fsp3) is 0.650. The minimum atomic E-state index is -0.517. The number of carbonyl (C=O) groups is 2. The summed E-state index contributed by atoms with van der Waals surface area (Å²) in [5.41, 5.74) is 1.18. The van der Waals surface area contributed by atoms with Crippen LogP contribution in [-0.4, -0.2) is 60.2 Å². The van der Waals surface area contributed by atoms with Crippen LogP contribution in [0.5, 0.6) is 0 Å². The van der Waals surface area contributed by atoms with E-state index in [9.17, 15) is 9.59 Å². The number of anilines is 1. The number of aromatic nitrogens is 1. The number of amides is 2. The Labute approximate surface area is 161 Å². The van der Waals surface area contributed by atoms with Crippen molar-refractivity contribution in [3.63, 3.8) is 0 Å². The molecule has 1 aromatic heterocycles. The molecule has 27 heavy (non-hydrogen) atoms. The van der Waals surface area contributed by atoms with Gasteiger partial charge < -0.3 is 19.9 Å². The number of ether oxygens (including phenoxy) is 1. The zero-order chi connectivity index (χ0) is 19.1. The molecular formula is C20H30N4O3. The van der Waals surface area contributed by atoms with Gasteiger partial charge in [0, 0.05) is 43.8 Å². The van der Waals surface area contributed by atoms with Gasteiger partial charge in [0.25, 0.3) is 0 Å². The van der Waals surface area contributed by atoms with Gasteiger partial charge in [0.2, 0.25) is 0 Å². The molecule has 2 saturated heterocycles. The molecule has 3 heterocycles. The van der Waals surface area contributed by atoms with E-state index in [1.54, 1.807) is 0 Å². The zero-order valence-corrected chi connectivity index (χ0v) is 16.1. The van der Waals surface area contributed by atoms with Crippen molar-refractivity contribution < 1.29 is 14.3 Å². The normalized spacial score (nSPS) is 21.5. The third kappa shape index (κ3) is 5.11. The predicted molar refractivity (Wildman–Crippen MR) is 104 cm³/mol. The van der Waals surface area contributed by atoms with E-state index in [0.29, 0.717) is 19.6 Å². The molecule has 148 valence electrons. The van der Waals surface area contributed by atoms with Gasteiger partial charge in [-0.3, -0.25) is 4.98 Å². The van der Waals surface area contributed by atoms with Crippen LogP contribution >= 0.6 is 0 Å². The second kappa shape index (κ2) is 9.58. The van der Waals surface area contributed by atoms with Crippen LogP contribution in [0.3, 0.4) is 0 Å². The molecule has 3 rings (SSSR count). The van der Waals surface area contributed by atoms with Gasteiger partial charge in [-0.1, -0.05) is 13.3 Å². The SMILES string of the molecule is CCCCOC(=O)C1CCCN(C2CCN(c3ccncc3)CC2)C(=O)N1. The molecule has 7 heteroatoms. The van der Waals surface area contributed by atoms with Crippen molar-refractivity contribution in [3.05, 3.63) is 24.5 Å². The number of rotatable bonds is 6. The summed E-state index contributed by atoms with van der Waals surface area (Å²) >= 11 is 0. The quantitative estimate of drug-likeness (QED) is 0.612. The smallest absolute Gasteiger partial charge is 0.328 e. The van der Waals surface area contributed by atoms with Crippen molar-refractivity contribution in [2.45, 2.75) is 57.5 Å². The van der Waals surface area contributed by atoms with Crippen LogP contribution in [-0.2, 0) is 9.53 Å². The molecule has 0 aliphatic carbocycles. The average molecular weight is 374 g/mol. The first-order valence-corrected chi connectivity index (χ1v) is 10.1. The monoisotopic (exact) mass is 374 g/mol. The summed E-state index contributed by atoms with van der Waals surface area (Å²) in [6.07, 6.45) is 8.78. The highest BCUT2D eigenvalue weighted by molar-refractivity contribution is 5.84. The molecule has 0 spiro atoms. The average Bonchev–Trinajstić information content (AvgIpc) is 2.90. The lowest BCUT2D eigenvalue weighted by atomic mass is 10.0. The molecule has 1 aromatic rings. The first kappa shape index (κ1) is 19.5. The molecule has 2 aliphatic heterocycles. The van der Waals surface area contributed by atoms with Gasteiger partial charge in [-0.05, 0) is 44.2 Å². The first-order valence-electron chi connectivity index (χ1n) is 10.1. The summed E-state index contributed by atoms with van der Waals surface area (Å²) in [7, 11) is 0. The Hall–Kier alpha value is -2.31. The van der Waals surface area contributed by atoms with E-state index < -0.39 is 6.04 Å². The van der Waals surface area contributed by atoms with Crippen LogP contribution in [0.1, 0.15) is 45.4 Å². The molecule has 0 bridgehead atoms. The maximum Gasteiger partial charge on any atom is 0.328 e. The molecule has 1 unspecified atom stereocenters. The third-order valence-corrected chi connectivity index (χ3v) is 5.41. The number of hydrogen-bond donors (Lipinski definition) is 1. The number of nitrogens with one attached hydrogen (secondary N) is 1. The number of piperidine rings is 1. The van der Waals surface area contributed by atoms with Gasteiger partial charge in [-0.2, -0.15) is 0 Å². The van der Waals surface area contributed by atoms with Gasteiger partial charge in [0.15, 0.2) is 0 Å². The highest BCUT2D eigenvalue weighted by atomic mass is 16.5. The number of esters is 1. The van der Waals surface area contributed by atoms with E-state index in [1.165, 1.54) is 5.69 Å². The standard InChI is InChI=1S/C20H30N4O3/c1-2-3-15-27-19(25)18-5-4-12-24(20(26)22-18)17-8-13-23(14-9-17)16-6-10-21-11-7-16/h6-7,10-11,17-18H,2-5,8-9,12-15H2,1H3,(H,22,26). The number of carbonyl (C=O) groups excluding carboxylic acids is 2. The topological polar surface area (TPSA) is 74.8 Å². The lowest BCUT2D eigenvalue weighted by molar-refractivity contribution is -0.146. The Morgan fingerprint density at radius 3 is 2.67 bits per heavy atom. The molecule has 0 saturated carbocycles. The molecule has 1 N–H and O–H groups in total. The fourth-order valence-electron chi connectivity index (χ4n) is 3.80. The highest BCUT2D eigenvalue weighted by Gasteiger charge is 2.33. The maximum atomic E-state index is 12.7. The third-order valence-electron chi connectivity index (χ3n) is 5.41. The van der Waals surface area contributed by atoms with E-state index in [1.807, 2.05) is 29.4 Å². The van der Waals surface area contributed by atoms with Crippen molar-refractivity contribution >= 4 is 17.7 Å². The lowest BCUT2D eigenvalue weighted by Crippen LogP contribution is -2.52. The van der Waals surface area contributed by atoms with E-state index in [2.05, 4.69) is 22.1 Å². The largest absolute Gasteiger partial charge is 0.464 e. The maximum absolute atomic E-state index is 12.7. The van der Waals surface area contributed by atoms with Crippen LogP contribution in [0.2, 0.25) is 0 Å². The second-order valence-electron chi connectivity index (χ2n) is 7.28. The van der Waals surface area contributed by atoms with Crippen LogP contribution in [0.25, 0.3) is 0 Å².